The third kappa shape index (κ3) is 2.76. The van der Waals surface area contributed by atoms with Gasteiger partial charge in [-0.2, -0.15) is 0 Å². The van der Waals surface area contributed by atoms with E-state index in [0.717, 1.165) is 19.7 Å². The SMILES string of the molecule is CCC(CN)CN1CCOC2CCCCC21. The van der Waals surface area contributed by atoms with Gasteiger partial charge in [-0.3, -0.25) is 4.90 Å². The number of hydrogen-bond acceptors (Lipinski definition) is 3. The molecule has 3 atom stereocenters. The van der Waals surface area contributed by atoms with E-state index in [1.807, 2.05) is 0 Å². The predicted octanol–water partition coefficient (Wildman–Crippen LogP) is 1.61. The monoisotopic (exact) mass is 226 g/mol. The molecule has 3 nitrogen and oxygen atoms in total. The van der Waals surface area contributed by atoms with Crippen molar-refractivity contribution in [3.8, 4) is 0 Å². The third-order valence-corrected chi connectivity index (χ3v) is 4.25. The molecule has 1 aliphatic carbocycles. The maximum absolute atomic E-state index is 5.89. The highest BCUT2D eigenvalue weighted by atomic mass is 16.5. The molecule has 1 saturated carbocycles. The van der Waals surface area contributed by atoms with Gasteiger partial charge in [0.1, 0.15) is 0 Å². The quantitative estimate of drug-likeness (QED) is 0.791. The van der Waals surface area contributed by atoms with Gasteiger partial charge in [0.2, 0.25) is 0 Å². The molecule has 94 valence electrons. The number of nitrogens with zero attached hydrogens (tertiary/aromatic N) is 1. The molecule has 0 aromatic rings. The highest BCUT2D eigenvalue weighted by Crippen LogP contribution is 2.28. The van der Waals surface area contributed by atoms with E-state index < -0.39 is 0 Å². The normalized spacial score (nSPS) is 33.4. The fourth-order valence-electron chi connectivity index (χ4n) is 3.11. The van der Waals surface area contributed by atoms with Crippen molar-refractivity contribution in [1.29, 1.82) is 0 Å². The van der Waals surface area contributed by atoms with Crippen LogP contribution in [-0.2, 0) is 4.74 Å². The molecule has 0 bridgehead atoms. The van der Waals surface area contributed by atoms with E-state index in [1.54, 1.807) is 0 Å². The molecular formula is C13H26N2O. The Bertz CT molecular complexity index is 204. The van der Waals surface area contributed by atoms with Crippen LogP contribution in [0.4, 0.5) is 0 Å². The Balaban J connectivity index is 1.91. The van der Waals surface area contributed by atoms with Crippen LogP contribution in [0, 0.1) is 5.92 Å². The van der Waals surface area contributed by atoms with Crippen molar-refractivity contribution in [2.75, 3.05) is 26.2 Å². The van der Waals surface area contributed by atoms with Crippen LogP contribution in [0.3, 0.4) is 0 Å². The molecule has 1 saturated heterocycles. The minimum absolute atomic E-state index is 0.512. The molecule has 3 unspecified atom stereocenters. The zero-order chi connectivity index (χ0) is 11.4. The molecule has 3 heteroatoms. The molecule has 0 aromatic carbocycles. The first-order valence-corrected chi connectivity index (χ1v) is 6.90. The lowest BCUT2D eigenvalue weighted by molar-refractivity contribution is -0.0917. The maximum Gasteiger partial charge on any atom is 0.0730 e. The Morgan fingerprint density at radius 3 is 2.94 bits per heavy atom. The molecular weight excluding hydrogens is 200 g/mol. The summed E-state index contributed by atoms with van der Waals surface area (Å²) in [5.74, 6) is 0.667. The van der Waals surface area contributed by atoms with E-state index in [4.69, 9.17) is 10.5 Å². The first-order valence-electron chi connectivity index (χ1n) is 6.90. The van der Waals surface area contributed by atoms with Gasteiger partial charge in [0, 0.05) is 19.1 Å². The lowest BCUT2D eigenvalue weighted by atomic mass is 9.89. The molecule has 0 aromatic heterocycles. The highest BCUT2D eigenvalue weighted by molar-refractivity contribution is 4.88. The van der Waals surface area contributed by atoms with Gasteiger partial charge in [0.05, 0.1) is 12.7 Å². The summed E-state index contributed by atoms with van der Waals surface area (Å²) in [6, 6.07) is 0.683. The average Bonchev–Trinajstić information content (AvgIpc) is 2.36. The second-order valence-electron chi connectivity index (χ2n) is 5.27. The topological polar surface area (TPSA) is 38.5 Å². The average molecular weight is 226 g/mol. The van der Waals surface area contributed by atoms with Crippen LogP contribution >= 0.6 is 0 Å². The molecule has 0 spiro atoms. The van der Waals surface area contributed by atoms with E-state index >= 15 is 0 Å². The van der Waals surface area contributed by atoms with Gasteiger partial charge in [0.15, 0.2) is 0 Å². The van der Waals surface area contributed by atoms with Crippen LogP contribution in [0.2, 0.25) is 0 Å². The Morgan fingerprint density at radius 2 is 2.19 bits per heavy atom. The lowest BCUT2D eigenvalue weighted by Gasteiger charge is -2.44. The van der Waals surface area contributed by atoms with E-state index in [2.05, 4.69) is 11.8 Å². The summed E-state index contributed by atoms with van der Waals surface area (Å²) in [5.41, 5.74) is 5.81. The largest absolute Gasteiger partial charge is 0.375 e. The molecule has 2 aliphatic rings. The molecule has 16 heavy (non-hydrogen) atoms. The van der Waals surface area contributed by atoms with Crippen molar-refractivity contribution in [3.63, 3.8) is 0 Å². The standard InChI is InChI=1S/C13H26N2O/c1-2-11(9-14)10-15-7-8-16-13-6-4-3-5-12(13)15/h11-13H,2-10,14H2,1H3. The summed E-state index contributed by atoms with van der Waals surface area (Å²) < 4.78 is 5.89. The number of rotatable bonds is 4. The Hall–Kier alpha value is -0.120. The minimum Gasteiger partial charge on any atom is -0.375 e. The molecule has 1 aliphatic heterocycles. The number of nitrogens with two attached hydrogens (primary N) is 1. The van der Waals surface area contributed by atoms with Crippen molar-refractivity contribution >= 4 is 0 Å². The summed E-state index contributed by atoms with van der Waals surface area (Å²) in [7, 11) is 0. The molecule has 1 heterocycles. The Kier molecular flexibility index (Phi) is 4.62. The van der Waals surface area contributed by atoms with Crippen LogP contribution < -0.4 is 5.73 Å². The smallest absolute Gasteiger partial charge is 0.0730 e. The van der Waals surface area contributed by atoms with E-state index in [9.17, 15) is 0 Å². The van der Waals surface area contributed by atoms with Crippen molar-refractivity contribution in [2.45, 2.75) is 51.2 Å². The summed E-state index contributed by atoms with van der Waals surface area (Å²) in [5, 5.41) is 0. The zero-order valence-corrected chi connectivity index (χ0v) is 10.5. The molecule has 2 N–H and O–H groups in total. The van der Waals surface area contributed by atoms with Crippen molar-refractivity contribution in [2.24, 2.45) is 11.7 Å². The van der Waals surface area contributed by atoms with Crippen molar-refractivity contribution in [1.82, 2.24) is 4.90 Å². The van der Waals surface area contributed by atoms with Crippen LogP contribution in [0.1, 0.15) is 39.0 Å². The summed E-state index contributed by atoms with van der Waals surface area (Å²) in [6.45, 7) is 6.28. The van der Waals surface area contributed by atoms with Gasteiger partial charge < -0.3 is 10.5 Å². The number of hydrogen-bond donors (Lipinski definition) is 1. The van der Waals surface area contributed by atoms with E-state index in [0.29, 0.717) is 18.1 Å². The highest BCUT2D eigenvalue weighted by Gasteiger charge is 2.34. The summed E-state index contributed by atoms with van der Waals surface area (Å²) in [6.07, 6.45) is 7.03. The van der Waals surface area contributed by atoms with E-state index in [-0.39, 0.29) is 0 Å². The minimum atomic E-state index is 0.512. The van der Waals surface area contributed by atoms with Gasteiger partial charge in [0.25, 0.3) is 0 Å². The second-order valence-corrected chi connectivity index (χ2v) is 5.27. The van der Waals surface area contributed by atoms with Gasteiger partial charge in [-0.25, -0.2) is 0 Å². The third-order valence-electron chi connectivity index (χ3n) is 4.25. The number of morpholine rings is 1. The Labute approximate surface area is 99.3 Å². The van der Waals surface area contributed by atoms with Gasteiger partial charge in [-0.15, -0.1) is 0 Å². The number of ether oxygens (including phenoxy) is 1. The van der Waals surface area contributed by atoms with E-state index in [1.165, 1.54) is 38.6 Å². The molecule has 2 fully saturated rings. The van der Waals surface area contributed by atoms with Crippen LogP contribution in [0.25, 0.3) is 0 Å². The van der Waals surface area contributed by atoms with Gasteiger partial charge in [-0.1, -0.05) is 26.2 Å². The lowest BCUT2D eigenvalue weighted by Crippen LogP contribution is -2.54. The van der Waals surface area contributed by atoms with Crippen LogP contribution in [0.5, 0.6) is 0 Å². The maximum atomic E-state index is 5.89. The van der Waals surface area contributed by atoms with Gasteiger partial charge in [-0.05, 0) is 25.3 Å². The zero-order valence-electron chi connectivity index (χ0n) is 10.5. The summed E-state index contributed by atoms with van der Waals surface area (Å²) >= 11 is 0. The second kappa shape index (κ2) is 5.99. The fourth-order valence-corrected chi connectivity index (χ4v) is 3.11. The van der Waals surface area contributed by atoms with Crippen molar-refractivity contribution < 1.29 is 4.74 Å². The van der Waals surface area contributed by atoms with Crippen LogP contribution in [0.15, 0.2) is 0 Å². The van der Waals surface area contributed by atoms with Gasteiger partial charge >= 0.3 is 0 Å². The predicted molar refractivity (Wildman–Crippen MR) is 66.4 cm³/mol. The first kappa shape index (κ1) is 12.3. The molecule has 2 rings (SSSR count). The van der Waals surface area contributed by atoms with Crippen LogP contribution in [-0.4, -0.2) is 43.3 Å². The molecule has 0 amide bonds. The summed E-state index contributed by atoms with van der Waals surface area (Å²) in [4.78, 5) is 2.65. The van der Waals surface area contributed by atoms with Crippen molar-refractivity contribution in [3.05, 3.63) is 0 Å². The first-order chi connectivity index (χ1) is 7.85. The number of fused-ring (bicyclic) bond motifs is 1. The molecule has 0 radical (unpaired) electrons. The Morgan fingerprint density at radius 1 is 1.38 bits per heavy atom. The fraction of sp³-hybridized carbons (Fsp3) is 1.00.